The first-order valence-corrected chi connectivity index (χ1v) is 7.62. The van der Waals surface area contributed by atoms with Gasteiger partial charge in [-0.05, 0) is 42.0 Å². The Labute approximate surface area is 130 Å². The van der Waals surface area contributed by atoms with Crippen molar-refractivity contribution in [1.82, 2.24) is 10.3 Å². The van der Waals surface area contributed by atoms with Crippen LogP contribution in [0, 0.1) is 5.92 Å². The molecule has 1 atom stereocenters. The molecule has 0 radical (unpaired) electrons. The fraction of sp³-hybridized carbons (Fsp3) is 0.353. The molecule has 1 N–H and O–H groups in total. The highest BCUT2D eigenvalue weighted by atomic mass is 35.5. The Morgan fingerprint density at radius 3 is 2.57 bits per heavy atom. The molecule has 21 heavy (non-hydrogen) atoms. The van der Waals surface area contributed by atoms with Crippen LogP contribution in [-0.2, 0) is 6.54 Å². The summed E-state index contributed by atoms with van der Waals surface area (Å²) in [5.41, 5.74) is 2.47. The summed E-state index contributed by atoms with van der Waals surface area (Å²) in [6.45, 7) is 0.806. The summed E-state index contributed by atoms with van der Waals surface area (Å²) in [6, 6.07) is 12.5. The second-order valence-corrected chi connectivity index (χ2v) is 5.89. The van der Waals surface area contributed by atoms with E-state index in [9.17, 15) is 0 Å². The molecule has 2 aromatic rings. The Kier molecular flexibility index (Phi) is 4.42. The second kappa shape index (κ2) is 6.46. The molecule has 0 bridgehead atoms. The Morgan fingerprint density at radius 2 is 2.00 bits per heavy atom. The highest BCUT2D eigenvalue weighted by Gasteiger charge is 2.31. The maximum Gasteiger partial charge on any atom is 0.212 e. The summed E-state index contributed by atoms with van der Waals surface area (Å²) in [5, 5.41) is 4.43. The lowest BCUT2D eigenvalue weighted by atomic mass is 10.0. The fourth-order valence-electron chi connectivity index (χ4n) is 2.52. The van der Waals surface area contributed by atoms with E-state index in [0.29, 0.717) is 11.9 Å². The van der Waals surface area contributed by atoms with Crippen molar-refractivity contribution in [3.63, 3.8) is 0 Å². The zero-order valence-corrected chi connectivity index (χ0v) is 12.8. The number of hydrogen-bond acceptors (Lipinski definition) is 3. The maximum absolute atomic E-state index is 5.97. The van der Waals surface area contributed by atoms with Gasteiger partial charge in [0.25, 0.3) is 0 Å². The van der Waals surface area contributed by atoms with E-state index in [-0.39, 0.29) is 0 Å². The summed E-state index contributed by atoms with van der Waals surface area (Å²) in [7, 11) is 1.63. The first kappa shape index (κ1) is 14.4. The summed E-state index contributed by atoms with van der Waals surface area (Å²) >= 11 is 5.97. The predicted molar refractivity (Wildman–Crippen MR) is 84.5 cm³/mol. The lowest BCUT2D eigenvalue weighted by Gasteiger charge is -2.19. The van der Waals surface area contributed by atoms with Crippen LogP contribution in [0.25, 0.3) is 0 Å². The Hall–Kier alpha value is -1.58. The van der Waals surface area contributed by atoms with Crippen LogP contribution < -0.4 is 10.1 Å². The fourth-order valence-corrected chi connectivity index (χ4v) is 2.65. The zero-order chi connectivity index (χ0) is 14.7. The molecule has 3 nitrogen and oxygen atoms in total. The molecule has 1 aromatic heterocycles. The van der Waals surface area contributed by atoms with Crippen molar-refractivity contribution in [3.05, 3.63) is 58.7 Å². The predicted octanol–water partition coefficient (Wildman–Crippen LogP) is 3.98. The van der Waals surface area contributed by atoms with Crippen molar-refractivity contribution in [2.75, 3.05) is 7.11 Å². The Morgan fingerprint density at radius 1 is 1.24 bits per heavy atom. The minimum absolute atomic E-state index is 0.393. The molecule has 1 heterocycles. The molecule has 1 fully saturated rings. The minimum Gasteiger partial charge on any atom is -0.481 e. The van der Waals surface area contributed by atoms with Crippen LogP contribution in [0.5, 0.6) is 5.88 Å². The van der Waals surface area contributed by atoms with Gasteiger partial charge in [0.2, 0.25) is 5.88 Å². The molecule has 1 unspecified atom stereocenters. The Bertz CT molecular complexity index is 579. The molecule has 110 valence electrons. The van der Waals surface area contributed by atoms with Crippen molar-refractivity contribution < 1.29 is 4.74 Å². The number of ether oxygens (including phenoxy) is 1. The summed E-state index contributed by atoms with van der Waals surface area (Å²) in [4.78, 5) is 4.24. The van der Waals surface area contributed by atoms with Gasteiger partial charge in [-0.15, -0.1) is 0 Å². The van der Waals surface area contributed by atoms with Crippen LogP contribution in [-0.4, -0.2) is 12.1 Å². The standard InChI is InChI=1S/C17H19ClN2O/c1-21-16-9-2-12(10-19-16)11-20-17(13-3-4-13)14-5-7-15(18)8-6-14/h2,5-10,13,17,20H,3-4,11H2,1H3. The number of methoxy groups -OCH3 is 1. The van der Waals surface area contributed by atoms with Gasteiger partial charge in [0.15, 0.2) is 0 Å². The molecule has 4 heteroatoms. The van der Waals surface area contributed by atoms with Crippen LogP contribution in [0.2, 0.25) is 5.02 Å². The van der Waals surface area contributed by atoms with Gasteiger partial charge in [0, 0.05) is 29.9 Å². The van der Waals surface area contributed by atoms with E-state index in [4.69, 9.17) is 16.3 Å². The number of rotatable bonds is 6. The molecular weight excluding hydrogens is 284 g/mol. The maximum atomic E-state index is 5.97. The molecule has 0 saturated heterocycles. The monoisotopic (exact) mass is 302 g/mol. The van der Waals surface area contributed by atoms with Crippen LogP contribution in [0.15, 0.2) is 42.6 Å². The van der Waals surface area contributed by atoms with E-state index in [1.54, 1.807) is 7.11 Å². The van der Waals surface area contributed by atoms with Crippen molar-refractivity contribution >= 4 is 11.6 Å². The number of aromatic nitrogens is 1. The van der Waals surface area contributed by atoms with E-state index in [0.717, 1.165) is 23.0 Å². The van der Waals surface area contributed by atoms with Gasteiger partial charge in [0.1, 0.15) is 0 Å². The quantitative estimate of drug-likeness (QED) is 0.876. The van der Waals surface area contributed by atoms with Gasteiger partial charge < -0.3 is 10.1 Å². The lowest BCUT2D eigenvalue weighted by Crippen LogP contribution is -2.22. The molecule has 1 aliphatic carbocycles. The number of nitrogens with one attached hydrogen (secondary N) is 1. The van der Waals surface area contributed by atoms with E-state index < -0.39 is 0 Å². The number of hydrogen-bond donors (Lipinski definition) is 1. The van der Waals surface area contributed by atoms with E-state index in [1.165, 1.54) is 18.4 Å². The highest BCUT2D eigenvalue weighted by Crippen LogP contribution is 2.41. The third kappa shape index (κ3) is 3.74. The molecule has 1 saturated carbocycles. The van der Waals surface area contributed by atoms with Gasteiger partial charge >= 0.3 is 0 Å². The highest BCUT2D eigenvalue weighted by molar-refractivity contribution is 6.30. The topological polar surface area (TPSA) is 34.1 Å². The molecule has 0 spiro atoms. The van der Waals surface area contributed by atoms with Crippen molar-refractivity contribution in [1.29, 1.82) is 0 Å². The van der Waals surface area contributed by atoms with Gasteiger partial charge in [-0.3, -0.25) is 0 Å². The van der Waals surface area contributed by atoms with Crippen molar-refractivity contribution in [3.8, 4) is 5.88 Å². The van der Waals surface area contributed by atoms with E-state index in [1.807, 2.05) is 30.5 Å². The average Bonchev–Trinajstić information content (AvgIpc) is 3.35. The molecule has 0 aliphatic heterocycles. The molecule has 0 amide bonds. The number of benzene rings is 1. The normalized spacial score (nSPS) is 15.7. The lowest BCUT2D eigenvalue weighted by molar-refractivity contribution is 0.397. The van der Waals surface area contributed by atoms with Gasteiger partial charge in [-0.1, -0.05) is 29.8 Å². The second-order valence-electron chi connectivity index (χ2n) is 5.46. The molecule has 1 aromatic carbocycles. The van der Waals surface area contributed by atoms with Crippen LogP contribution in [0.3, 0.4) is 0 Å². The summed E-state index contributed by atoms with van der Waals surface area (Å²) in [6.07, 6.45) is 4.44. The number of halogens is 1. The zero-order valence-electron chi connectivity index (χ0n) is 12.1. The summed E-state index contributed by atoms with van der Waals surface area (Å²) in [5.74, 6) is 1.38. The molecule has 1 aliphatic rings. The van der Waals surface area contributed by atoms with Gasteiger partial charge in [0.05, 0.1) is 7.11 Å². The van der Waals surface area contributed by atoms with Gasteiger partial charge in [-0.2, -0.15) is 0 Å². The van der Waals surface area contributed by atoms with Crippen molar-refractivity contribution in [2.45, 2.75) is 25.4 Å². The van der Waals surface area contributed by atoms with Crippen LogP contribution in [0.4, 0.5) is 0 Å². The third-order valence-corrected chi connectivity index (χ3v) is 4.11. The first-order chi connectivity index (χ1) is 10.3. The van der Waals surface area contributed by atoms with Crippen LogP contribution >= 0.6 is 11.6 Å². The summed E-state index contributed by atoms with van der Waals surface area (Å²) < 4.78 is 5.08. The molecular formula is C17H19ClN2O. The average molecular weight is 303 g/mol. The Balaban J connectivity index is 1.66. The van der Waals surface area contributed by atoms with Crippen LogP contribution in [0.1, 0.15) is 30.0 Å². The largest absolute Gasteiger partial charge is 0.481 e. The number of nitrogens with zero attached hydrogens (tertiary/aromatic N) is 1. The van der Waals surface area contributed by atoms with E-state index in [2.05, 4.69) is 22.4 Å². The third-order valence-electron chi connectivity index (χ3n) is 3.86. The smallest absolute Gasteiger partial charge is 0.212 e. The van der Waals surface area contributed by atoms with E-state index >= 15 is 0 Å². The van der Waals surface area contributed by atoms with Crippen molar-refractivity contribution in [2.24, 2.45) is 5.92 Å². The minimum atomic E-state index is 0.393. The molecule has 3 rings (SSSR count). The first-order valence-electron chi connectivity index (χ1n) is 7.24. The van der Waals surface area contributed by atoms with Gasteiger partial charge in [-0.25, -0.2) is 4.98 Å². The number of pyridine rings is 1. The SMILES string of the molecule is COc1ccc(CNC(c2ccc(Cl)cc2)C2CC2)cn1.